The number of hydrogen-bond donors (Lipinski definition) is 3. The van der Waals surface area contributed by atoms with E-state index < -0.39 is 0 Å². The number of carbonyl (C=O) groups is 1. The van der Waals surface area contributed by atoms with Crippen molar-refractivity contribution in [2.24, 2.45) is 0 Å². The van der Waals surface area contributed by atoms with Crippen molar-refractivity contribution in [3.8, 4) is 0 Å². The minimum atomic E-state index is -0.0885. The molecule has 1 saturated carbocycles. The van der Waals surface area contributed by atoms with Crippen LogP contribution in [0.5, 0.6) is 0 Å². The number of rotatable bonds is 5. The van der Waals surface area contributed by atoms with E-state index in [0.717, 1.165) is 25.1 Å². The van der Waals surface area contributed by atoms with Crippen LogP contribution in [0.1, 0.15) is 57.6 Å². The summed E-state index contributed by atoms with van der Waals surface area (Å²) >= 11 is 0. The second-order valence-corrected chi connectivity index (χ2v) is 5.83. The summed E-state index contributed by atoms with van der Waals surface area (Å²) in [7, 11) is 0. The number of hydrogen-bond acceptors (Lipinski definition) is 2. The molecule has 0 saturated heterocycles. The van der Waals surface area contributed by atoms with Crippen molar-refractivity contribution in [1.82, 2.24) is 10.6 Å². The second-order valence-electron chi connectivity index (χ2n) is 5.83. The summed E-state index contributed by atoms with van der Waals surface area (Å²) in [6.45, 7) is 5.19. The minimum Gasteiger partial charge on any atom is -0.335 e. The lowest BCUT2D eigenvalue weighted by Gasteiger charge is -2.23. The maximum absolute atomic E-state index is 12.0. The van der Waals surface area contributed by atoms with Crippen molar-refractivity contribution >= 4 is 11.7 Å². The fourth-order valence-electron chi connectivity index (χ4n) is 2.88. The molecule has 1 aromatic rings. The Morgan fingerprint density at radius 2 is 1.86 bits per heavy atom. The SMILES string of the molecule is CCNC(C)c1ccc(NC(=O)NC2CCCCC2)cc1. The van der Waals surface area contributed by atoms with Gasteiger partial charge in [-0.05, 0) is 44.0 Å². The summed E-state index contributed by atoms with van der Waals surface area (Å²) in [5.74, 6) is 0. The van der Waals surface area contributed by atoms with Gasteiger partial charge in [-0.25, -0.2) is 4.79 Å². The van der Waals surface area contributed by atoms with Gasteiger partial charge in [-0.2, -0.15) is 0 Å². The lowest BCUT2D eigenvalue weighted by atomic mass is 9.96. The van der Waals surface area contributed by atoms with Crippen molar-refractivity contribution in [2.75, 3.05) is 11.9 Å². The van der Waals surface area contributed by atoms with Gasteiger partial charge in [-0.3, -0.25) is 0 Å². The smallest absolute Gasteiger partial charge is 0.319 e. The Kier molecular flexibility index (Phi) is 6.05. The first-order valence-electron chi connectivity index (χ1n) is 8.10. The van der Waals surface area contributed by atoms with E-state index in [0.29, 0.717) is 12.1 Å². The van der Waals surface area contributed by atoms with Crippen LogP contribution >= 0.6 is 0 Å². The summed E-state index contributed by atoms with van der Waals surface area (Å²) in [5, 5.41) is 9.36. The number of nitrogens with one attached hydrogen (secondary N) is 3. The van der Waals surface area contributed by atoms with Gasteiger partial charge in [0.15, 0.2) is 0 Å². The summed E-state index contributed by atoms with van der Waals surface area (Å²) in [4.78, 5) is 12.0. The molecule has 4 heteroatoms. The maximum atomic E-state index is 12.0. The first-order valence-corrected chi connectivity index (χ1v) is 8.10. The average Bonchev–Trinajstić information content (AvgIpc) is 2.49. The number of urea groups is 1. The highest BCUT2D eigenvalue weighted by Crippen LogP contribution is 2.18. The molecule has 1 aliphatic rings. The molecule has 0 aliphatic heterocycles. The first kappa shape index (κ1) is 15.8. The van der Waals surface area contributed by atoms with Crippen LogP contribution in [0.15, 0.2) is 24.3 Å². The fourth-order valence-corrected chi connectivity index (χ4v) is 2.88. The van der Waals surface area contributed by atoms with Gasteiger partial charge in [-0.1, -0.05) is 38.3 Å². The standard InChI is InChI=1S/C17H27N3O/c1-3-18-13(2)14-9-11-16(12-10-14)20-17(21)19-15-7-5-4-6-8-15/h9-13,15,18H,3-8H2,1-2H3,(H2,19,20,21). The van der Waals surface area contributed by atoms with Gasteiger partial charge in [0.2, 0.25) is 0 Å². The molecule has 21 heavy (non-hydrogen) atoms. The molecule has 1 unspecified atom stereocenters. The fraction of sp³-hybridized carbons (Fsp3) is 0.588. The molecule has 4 nitrogen and oxygen atoms in total. The third-order valence-corrected chi connectivity index (χ3v) is 4.12. The van der Waals surface area contributed by atoms with E-state index in [2.05, 4.69) is 41.9 Å². The molecule has 0 bridgehead atoms. The van der Waals surface area contributed by atoms with Crippen molar-refractivity contribution in [1.29, 1.82) is 0 Å². The molecule has 1 atom stereocenters. The molecule has 2 rings (SSSR count). The normalized spacial score (nSPS) is 17.2. The highest BCUT2D eigenvalue weighted by molar-refractivity contribution is 5.89. The van der Waals surface area contributed by atoms with E-state index in [1.165, 1.54) is 24.8 Å². The van der Waals surface area contributed by atoms with Crippen LogP contribution in [0.4, 0.5) is 10.5 Å². The highest BCUT2D eigenvalue weighted by Gasteiger charge is 2.15. The molecule has 1 aliphatic carbocycles. The van der Waals surface area contributed by atoms with E-state index in [4.69, 9.17) is 0 Å². The number of anilines is 1. The van der Waals surface area contributed by atoms with Crippen molar-refractivity contribution in [2.45, 2.75) is 58.0 Å². The average molecular weight is 289 g/mol. The summed E-state index contributed by atoms with van der Waals surface area (Å²) in [6.07, 6.45) is 5.95. The van der Waals surface area contributed by atoms with Crippen LogP contribution in [0.25, 0.3) is 0 Å². The Hall–Kier alpha value is -1.55. The van der Waals surface area contributed by atoms with E-state index in [1.807, 2.05) is 12.1 Å². The van der Waals surface area contributed by atoms with Crippen LogP contribution in [0.2, 0.25) is 0 Å². The van der Waals surface area contributed by atoms with Gasteiger partial charge in [0.1, 0.15) is 0 Å². The van der Waals surface area contributed by atoms with E-state index >= 15 is 0 Å². The lowest BCUT2D eigenvalue weighted by Crippen LogP contribution is -2.39. The number of carbonyl (C=O) groups excluding carboxylic acids is 1. The van der Waals surface area contributed by atoms with E-state index in [9.17, 15) is 4.79 Å². The predicted molar refractivity (Wildman–Crippen MR) is 87.6 cm³/mol. The van der Waals surface area contributed by atoms with Crippen molar-refractivity contribution < 1.29 is 4.79 Å². The van der Waals surface area contributed by atoms with Gasteiger partial charge in [0.25, 0.3) is 0 Å². The molecule has 0 aromatic heterocycles. The Bertz CT molecular complexity index is 438. The predicted octanol–water partition coefficient (Wildman–Crippen LogP) is 3.81. The largest absolute Gasteiger partial charge is 0.335 e. The van der Waals surface area contributed by atoms with Gasteiger partial charge in [-0.15, -0.1) is 0 Å². The molecule has 3 N–H and O–H groups in total. The third-order valence-electron chi connectivity index (χ3n) is 4.12. The monoisotopic (exact) mass is 289 g/mol. The Morgan fingerprint density at radius 1 is 1.19 bits per heavy atom. The lowest BCUT2D eigenvalue weighted by molar-refractivity contribution is 0.244. The molecular formula is C17H27N3O. The van der Waals surface area contributed by atoms with Crippen molar-refractivity contribution in [3.63, 3.8) is 0 Å². The first-order chi connectivity index (χ1) is 10.2. The molecular weight excluding hydrogens is 262 g/mol. The quantitative estimate of drug-likeness (QED) is 0.772. The van der Waals surface area contributed by atoms with Crippen LogP contribution in [-0.2, 0) is 0 Å². The van der Waals surface area contributed by atoms with Gasteiger partial charge >= 0.3 is 6.03 Å². The Balaban J connectivity index is 1.83. The van der Waals surface area contributed by atoms with E-state index in [1.54, 1.807) is 0 Å². The summed E-state index contributed by atoms with van der Waals surface area (Å²) < 4.78 is 0. The zero-order valence-electron chi connectivity index (χ0n) is 13.1. The van der Waals surface area contributed by atoms with Gasteiger partial charge in [0.05, 0.1) is 0 Å². The molecule has 1 fully saturated rings. The third kappa shape index (κ3) is 5.05. The molecule has 2 amide bonds. The van der Waals surface area contributed by atoms with Crippen LogP contribution in [0, 0.1) is 0 Å². The molecule has 116 valence electrons. The Morgan fingerprint density at radius 3 is 2.48 bits per heavy atom. The van der Waals surface area contributed by atoms with Crippen molar-refractivity contribution in [3.05, 3.63) is 29.8 Å². The van der Waals surface area contributed by atoms with E-state index in [-0.39, 0.29) is 6.03 Å². The van der Waals surface area contributed by atoms with Crippen LogP contribution < -0.4 is 16.0 Å². The molecule has 1 aromatic carbocycles. The zero-order valence-corrected chi connectivity index (χ0v) is 13.1. The number of amides is 2. The molecule has 0 spiro atoms. The summed E-state index contributed by atoms with van der Waals surface area (Å²) in [5.41, 5.74) is 2.07. The Labute approximate surface area is 127 Å². The number of benzene rings is 1. The highest BCUT2D eigenvalue weighted by atomic mass is 16.2. The zero-order chi connectivity index (χ0) is 15.1. The molecule has 0 heterocycles. The van der Waals surface area contributed by atoms with Gasteiger partial charge in [0, 0.05) is 17.8 Å². The topological polar surface area (TPSA) is 53.2 Å². The maximum Gasteiger partial charge on any atom is 0.319 e. The molecule has 0 radical (unpaired) electrons. The van der Waals surface area contributed by atoms with Crippen LogP contribution in [0.3, 0.4) is 0 Å². The minimum absolute atomic E-state index is 0.0885. The second kappa shape index (κ2) is 8.03. The summed E-state index contributed by atoms with van der Waals surface area (Å²) in [6, 6.07) is 8.63. The van der Waals surface area contributed by atoms with Gasteiger partial charge < -0.3 is 16.0 Å². The van der Waals surface area contributed by atoms with Crippen LogP contribution in [-0.4, -0.2) is 18.6 Å².